The molecule has 2 rings (SSSR count). The lowest BCUT2D eigenvalue weighted by atomic mass is 10.3. The van der Waals surface area contributed by atoms with Gasteiger partial charge in [-0.15, -0.1) is 12.6 Å². The van der Waals surface area contributed by atoms with E-state index in [1.807, 2.05) is 25.1 Å². The summed E-state index contributed by atoms with van der Waals surface area (Å²) in [7, 11) is 0. The van der Waals surface area contributed by atoms with Crippen molar-refractivity contribution in [3.05, 3.63) is 24.1 Å². The van der Waals surface area contributed by atoms with Crippen LogP contribution in [0.1, 0.15) is 12.8 Å². The summed E-state index contributed by atoms with van der Waals surface area (Å²) in [6.07, 6.45) is 0. The Kier molecular flexibility index (Phi) is 2.04. The fourth-order valence-corrected chi connectivity index (χ4v) is 1.93. The summed E-state index contributed by atoms with van der Waals surface area (Å²) in [5.41, 5.74) is 2.00. The summed E-state index contributed by atoms with van der Waals surface area (Å²) in [5, 5.41) is 0. The van der Waals surface area contributed by atoms with Gasteiger partial charge in [0.15, 0.2) is 0 Å². The van der Waals surface area contributed by atoms with E-state index in [1.54, 1.807) is 0 Å². The lowest BCUT2D eigenvalue weighted by Crippen LogP contribution is -2.33. The van der Waals surface area contributed by atoms with Gasteiger partial charge < -0.3 is 4.42 Å². The molecule has 0 aliphatic heterocycles. The van der Waals surface area contributed by atoms with Gasteiger partial charge in [0.1, 0.15) is 6.54 Å². The molecule has 0 bridgehead atoms. The number of para-hydroxylation sites is 1. The Bertz CT molecular complexity index is 447. The van der Waals surface area contributed by atoms with Crippen LogP contribution in [0.5, 0.6) is 0 Å². The first-order chi connectivity index (χ1) is 6.24. The average Bonchev–Trinajstić information content (AvgIpc) is 2.42. The molecule has 0 saturated carbocycles. The van der Waals surface area contributed by atoms with Crippen molar-refractivity contribution >= 4 is 23.7 Å². The summed E-state index contributed by atoms with van der Waals surface area (Å²) in [6, 6.07) is 5.90. The van der Waals surface area contributed by atoms with Crippen molar-refractivity contribution in [2.45, 2.75) is 25.3 Å². The van der Waals surface area contributed by atoms with Crippen molar-refractivity contribution in [3.63, 3.8) is 0 Å². The minimum atomic E-state index is 0.909. The van der Waals surface area contributed by atoms with Crippen LogP contribution in [0.15, 0.2) is 27.5 Å². The number of aromatic nitrogens is 1. The highest BCUT2D eigenvalue weighted by atomic mass is 32.1. The van der Waals surface area contributed by atoms with E-state index < -0.39 is 0 Å². The molecule has 0 atom stereocenters. The van der Waals surface area contributed by atoms with Crippen molar-refractivity contribution in [2.75, 3.05) is 0 Å². The van der Waals surface area contributed by atoms with Crippen molar-refractivity contribution in [1.29, 1.82) is 0 Å². The molecule has 0 aliphatic rings. The Labute approximate surface area is 82.6 Å². The molecule has 0 spiro atoms. The second kappa shape index (κ2) is 3.07. The van der Waals surface area contributed by atoms with Crippen molar-refractivity contribution in [3.8, 4) is 0 Å². The van der Waals surface area contributed by atoms with E-state index in [0.29, 0.717) is 0 Å². The quantitative estimate of drug-likeness (QED) is 0.544. The van der Waals surface area contributed by atoms with Crippen LogP contribution in [-0.2, 0) is 6.54 Å². The lowest BCUT2D eigenvalue weighted by Gasteiger charge is -1.90. The topological polar surface area (TPSA) is 17.0 Å². The summed E-state index contributed by atoms with van der Waals surface area (Å²) in [6.45, 7) is 4.98. The number of benzene rings is 1. The summed E-state index contributed by atoms with van der Waals surface area (Å²) < 4.78 is 7.71. The third-order valence-electron chi connectivity index (χ3n) is 2.20. The maximum atomic E-state index is 5.58. The molecule has 68 valence electrons. The molecule has 0 aliphatic carbocycles. The number of hydrogen-bond donors (Lipinski definition) is 1. The Morgan fingerprint density at radius 3 is 2.92 bits per heavy atom. The van der Waals surface area contributed by atoms with Gasteiger partial charge >= 0.3 is 5.89 Å². The number of hydrogen-bond acceptors (Lipinski definition) is 2. The largest absolute Gasteiger partial charge is 0.402 e. The lowest BCUT2D eigenvalue weighted by molar-refractivity contribution is -0.680. The summed E-state index contributed by atoms with van der Waals surface area (Å²) >= 11 is 4.41. The highest BCUT2D eigenvalue weighted by molar-refractivity contribution is 7.80. The number of rotatable bonds is 1. The van der Waals surface area contributed by atoms with E-state index in [0.717, 1.165) is 28.4 Å². The van der Waals surface area contributed by atoms with E-state index in [-0.39, 0.29) is 0 Å². The monoisotopic (exact) mass is 194 g/mol. The van der Waals surface area contributed by atoms with Crippen LogP contribution >= 0.6 is 12.6 Å². The first kappa shape index (κ1) is 8.63. The number of fused-ring (bicyclic) bond motifs is 1. The molecular weight excluding hydrogens is 182 g/mol. The third kappa shape index (κ3) is 1.23. The van der Waals surface area contributed by atoms with Crippen LogP contribution < -0.4 is 4.57 Å². The van der Waals surface area contributed by atoms with Gasteiger partial charge in [0.05, 0.1) is 11.8 Å². The molecule has 0 saturated heterocycles. The Balaban J connectivity index is 2.88. The molecule has 3 heteroatoms. The third-order valence-corrected chi connectivity index (χ3v) is 2.56. The fourth-order valence-electron chi connectivity index (χ4n) is 1.62. The van der Waals surface area contributed by atoms with Gasteiger partial charge in [0.2, 0.25) is 5.58 Å². The number of nitrogens with zero attached hydrogens (tertiary/aromatic N) is 1. The molecule has 2 aromatic rings. The Morgan fingerprint density at radius 1 is 1.46 bits per heavy atom. The molecule has 1 heterocycles. The molecule has 2 nitrogen and oxygen atoms in total. The highest BCUT2D eigenvalue weighted by Gasteiger charge is 2.18. The van der Waals surface area contributed by atoms with Crippen LogP contribution in [0, 0.1) is 6.92 Å². The molecule has 0 fully saturated rings. The molecule has 0 N–H and O–H groups in total. The molecule has 0 radical (unpaired) electrons. The number of oxazole rings is 1. The van der Waals surface area contributed by atoms with Gasteiger partial charge in [0.25, 0.3) is 5.52 Å². The molecule has 0 unspecified atom stereocenters. The molecule has 13 heavy (non-hydrogen) atoms. The van der Waals surface area contributed by atoms with Gasteiger partial charge in [-0.25, -0.2) is 0 Å². The maximum Gasteiger partial charge on any atom is 0.344 e. The number of aryl methyl sites for hydroxylation is 2. The van der Waals surface area contributed by atoms with E-state index in [2.05, 4.69) is 24.1 Å². The molecule has 0 amide bonds. The number of thiol groups is 1. The first-order valence-corrected chi connectivity index (χ1v) is 4.79. The van der Waals surface area contributed by atoms with Crippen LogP contribution in [0.3, 0.4) is 0 Å². The van der Waals surface area contributed by atoms with E-state index >= 15 is 0 Å². The van der Waals surface area contributed by atoms with Crippen molar-refractivity contribution < 1.29 is 8.98 Å². The zero-order valence-electron chi connectivity index (χ0n) is 7.74. The second-order valence-electron chi connectivity index (χ2n) is 2.99. The van der Waals surface area contributed by atoms with Gasteiger partial charge in [-0.05, 0) is 19.1 Å². The zero-order valence-corrected chi connectivity index (χ0v) is 8.64. The predicted octanol–water partition coefficient (Wildman–Crippen LogP) is 2.34. The van der Waals surface area contributed by atoms with Crippen molar-refractivity contribution in [1.82, 2.24) is 0 Å². The second-order valence-corrected chi connectivity index (χ2v) is 3.47. The summed E-state index contributed by atoms with van der Waals surface area (Å²) in [4.78, 5) is 0.969. The minimum absolute atomic E-state index is 0.909. The van der Waals surface area contributed by atoms with E-state index in [9.17, 15) is 0 Å². The normalized spacial score (nSPS) is 11.0. The van der Waals surface area contributed by atoms with Gasteiger partial charge in [-0.2, -0.15) is 4.57 Å². The van der Waals surface area contributed by atoms with Crippen LogP contribution in [0.25, 0.3) is 11.1 Å². The fraction of sp³-hybridized carbons (Fsp3) is 0.300. The van der Waals surface area contributed by atoms with Crippen LogP contribution in [0.2, 0.25) is 0 Å². The molecular formula is C10H12NOS+. The smallest absolute Gasteiger partial charge is 0.344 e. The van der Waals surface area contributed by atoms with E-state index in [1.165, 1.54) is 0 Å². The van der Waals surface area contributed by atoms with Crippen molar-refractivity contribution in [2.24, 2.45) is 0 Å². The molecule has 1 aromatic heterocycles. The molecule has 1 aromatic carbocycles. The van der Waals surface area contributed by atoms with E-state index in [4.69, 9.17) is 4.42 Å². The summed E-state index contributed by atoms with van der Waals surface area (Å²) in [5.74, 6) is 0.930. The van der Waals surface area contributed by atoms with Crippen LogP contribution in [-0.4, -0.2) is 0 Å². The standard InChI is InChI=1S/C10H11NOS/c1-3-11-7(2)12-8-5-4-6-9(13)10(8)11/h4-6H,3H2,1-2H3/p+1. The highest BCUT2D eigenvalue weighted by Crippen LogP contribution is 2.20. The predicted molar refractivity (Wildman–Crippen MR) is 54.1 cm³/mol. The SMILES string of the molecule is CC[n+]1c(C)oc2cccc(S)c21. The Morgan fingerprint density at radius 2 is 2.23 bits per heavy atom. The minimum Gasteiger partial charge on any atom is -0.402 e. The van der Waals surface area contributed by atoms with Gasteiger partial charge in [-0.1, -0.05) is 6.07 Å². The van der Waals surface area contributed by atoms with Gasteiger partial charge in [-0.3, -0.25) is 0 Å². The zero-order chi connectivity index (χ0) is 9.42. The average molecular weight is 194 g/mol. The van der Waals surface area contributed by atoms with Gasteiger partial charge in [0, 0.05) is 0 Å². The van der Waals surface area contributed by atoms with Crippen LogP contribution in [0.4, 0.5) is 0 Å². The first-order valence-electron chi connectivity index (χ1n) is 4.35. The Hall–Kier alpha value is -0.960. The maximum absolute atomic E-state index is 5.58.